The van der Waals surface area contributed by atoms with E-state index in [0.29, 0.717) is 18.1 Å². The second-order valence-corrected chi connectivity index (χ2v) is 6.22. The lowest BCUT2D eigenvalue weighted by atomic mass is 10.3. The third-order valence-corrected chi connectivity index (χ3v) is 3.90. The Morgan fingerprint density at radius 2 is 1.92 bits per heavy atom. The number of aromatic nitrogens is 3. The van der Waals surface area contributed by atoms with Crippen LogP contribution in [0.15, 0.2) is 35.4 Å². The van der Waals surface area contributed by atoms with Gasteiger partial charge >= 0.3 is 0 Å². The van der Waals surface area contributed by atoms with Gasteiger partial charge in [-0.2, -0.15) is 0 Å². The first-order chi connectivity index (χ1) is 11.5. The number of carbonyl (C=O) groups is 2. The van der Waals surface area contributed by atoms with E-state index >= 15 is 0 Å². The third-order valence-electron chi connectivity index (χ3n) is 2.90. The molecular formula is C16H19N5O2S. The zero-order valence-corrected chi connectivity index (χ0v) is 14.4. The second-order valence-electron chi connectivity index (χ2n) is 5.10. The van der Waals surface area contributed by atoms with Crippen molar-refractivity contribution in [2.75, 3.05) is 16.4 Å². The van der Waals surface area contributed by atoms with Gasteiger partial charge in [-0.3, -0.25) is 9.59 Å². The number of carbonyl (C=O) groups excluding carboxylic acids is 2. The maximum absolute atomic E-state index is 11.9. The summed E-state index contributed by atoms with van der Waals surface area (Å²) in [6.45, 7) is 3.30. The molecule has 0 aliphatic carbocycles. The van der Waals surface area contributed by atoms with Gasteiger partial charge in [-0.1, -0.05) is 6.07 Å². The Kier molecular flexibility index (Phi) is 6.68. The van der Waals surface area contributed by atoms with Gasteiger partial charge in [0.2, 0.25) is 11.8 Å². The van der Waals surface area contributed by atoms with E-state index in [9.17, 15) is 9.59 Å². The fourth-order valence-corrected chi connectivity index (χ4v) is 2.63. The fraction of sp³-hybridized carbons (Fsp3) is 0.312. The van der Waals surface area contributed by atoms with E-state index in [4.69, 9.17) is 0 Å². The molecular weight excluding hydrogens is 326 g/mol. The van der Waals surface area contributed by atoms with Crippen LogP contribution in [0, 0.1) is 6.92 Å². The molecule has 2 rings (SSSR count). The van der Waals surface area contributed by atoms with E-state index < -0.39 is 0 Å². The van der Waals surface area contributed by atoms with Gasteiger partial charge in [0.05, 0.1) is 0 Å². The summed E-state index contributed by atoms with van der Waals surface area (Å²) in [5, 5.41) is 14.0. The van der Waals surface area contributed by atoms with Crippen LogP contribution >= 0.6 is 11.8 Å². The predicted molar refractivity (Wildman–Crippen MR) is 93.9 cm³/mol. The highest BCUT2D eigenvalue weighted by atomic mass is 32.2. The number of amides is 2. The average Bonchev–Trinajstić information content (AvgIpc) is 2.52. The number of nitrogens with zero attached hydrogens (tertiary/aromatic N) is 3. The molecule has 2 aromatic heterocycles. The van der Waals surface area contributed by atoms with Crippen molar-refractivity contribution in [3.05, 3.63) is 36.0 Å². The maximum Gasteiger partial charge on any atom is 0.225 e. The minimum Gasteiger partial charge on any atom is -0.311 e. The number of pyridine rings is 1. The monoisotopic (exact) mass is 345 g/mol. The highest BCUT2D eigenvalue weighted by molar-refractivity contribution is 7.99. The van der Waals surface area contributed by atoms with Crippen LogP contribution in [0.5, 0.6) is 0 Å². The van der Waals surface area contributed by atoms with Gasteiger partial charge in [-0.25, -0.2) is 4.98 Å². The van der Waals surface area contributed by atoms with Gasteiger partial charge in [0.15, 0.2) is 5.82 Å². The minimum absolute atomic E-state index is 0.0548. The van der Waals surface area contributed by atoms with Gasteiger partial charge in [0, 0.05) is 24.8 Å². The summed E-state index contributed by atoms with van der Waals surface area (Å²) in [7, 11) is 0. The average molecular weight is 345 g/mol. The number of nitrogens with one attached hydrogen (secondary N) is 2. The van der Waals surface area contributed by atoms with Crippen molar-refractivity contribution in [2.45, 2.75) is 31.7 Å². The summed E-state index contributed by atoms with van der Waals surface area (Å²) in [5.74, 6) is 1.52. The molecule has 0 aromatic carbocycles. The van der Waals surface area contributed by atoms with E-state index in [1.807, 2.05) is 19.1 Å². The van der Waals surface area contributed by atoms with Gasteiger partial charge in [0.25, 0.3) is 0 Å². The summed E-state index contributed by atoms with van der Waals surface area (Å²) in [4.78, 5) is 27.0. The lowest BCUT2D eigenvalue weighted by molar-refractivity contribution is -0.116. The topological polar surface area (TPSA) is 96.9 Å². The van der Waals surface area contributed by atoms with Crippen LogP contribution < -0.4 is 10.6 Å². The van der Waals surface area contributed by atoms with E-state index in [1.165, 1.54) is 18.7 Å². The molecule has 0 saturated carbocycles. The molecule has 24 heavy (non-hydrogen) atoms. The molecule has 0 unspecified atom stereocenters. The molecule has 0 radical (unpaired) electrons. The van der Waals surface area contributed by atoms with Crippen LogP contribution in [0.3, 0.4) is 0 Å². The number of hydrogen-bond acceptors (Lipinski definition) is 6. The fourth-order valence-electron chi connectivity index (χ4n) is 1.87. The summed E-state index contributed by atoms with van der Waals surface area (Å²) in [5.41, 5.74) is 0.865. The third kappa shape index (κ3) is 6.33. The Balaban J connectivity index is 1.68. The van der Waals surface area contributed by atoms with Crippen LogP contribution in [0.1, 0.15) is 25.5 Å². The molecule has 126 valence electrons. The van der Waals surface area contributed by atoms with Crippen molar-refractivity contribution < 1.29 is 9.59 Å². The second kappa shape index (κ2) is 8.97. The lowest BCUT2D eigenvalue weighted by Gasteiger charge is -2.05. The van der Waals surface area contributed by atoms with E-state index in [2.05, 4.69) is 25.8 Å². The minimum atomic E-state index is -0.182. The van der Waals surface area contributed by atoms with Crippen molar-refractivity contribution in [2.24, 2.45) is 0 Å². The summed E-state index contributed by atoms with van der Waals surface area (Å²) < 4.78 is 0. The van der Waals surface area contributed by atoms with E-state index in [1.54, 1.807) is 18.2 Å². The SMILES string of the molecule is CC(=O)Nc1ccc(SCCCC(=O)Nc2cccc(C)n2)nn1. The summed E-state index contributed by atoms with van der Waals surface area (Å²) in [6.07, 6.45) is 1.14. The summed E-state index contributed by atoms with van der Waals surface area (Å²) in [6, 6.07) is 9.00. The zero-order chi connectivity index (χ0) is 17.4. The predicted octanol–water partition coefficient (Wildman–Crippen LogP) is 2.65. The van der Waals surface area contributed by atoms with Crippen LogP contribution in [0.25, 0.3) is 0 Å². The van der Waals surface area contributed by atoms with Crippen molar-refractivity contribution in [3.63, 3.8) is 0 Å². The molecule has 0 saturated heterocycles. The standard InChI is InChI=1S/C16H19N5O2S/c1-11-5-3-6-13(17-11)19-15(23)7-4-10-24-16-9-8-14(20-21-16)18-12(2)22/h3,5-6,8-9H,4,7,10H2,1-2H3,(H,17,19,23)(H,18,20,22). The quantitative estimate of drug-likeness (QED) is 0.591. The molecule has 0 aliphatic rings. The molecule has 0 spiro atoms. The summed E-state index contributed by atoms with van der Waals surface area (Å²) >= 11 is 1.52. The Hall–Kier alpha value is -2.48. The van der Waals surface area contributed by atoms with Crippen molar-refractivity contribution >= 4 is 35.2 Å². The van der Waals surface area contributed by atoms with Crippen LogP contribution in [-0.2, 0) is 9.59 Å². The smallest absolute Gasteiger partial charge is 0.225 e. The zero-order valence-electron chi connectivity index (χ0n) is 13.6. The Bertz CT molecular complexity index is 706. The van der Waals surface area contributed by atoms with Crippen molar-refractivity contribution in [3.8, 4) is 0 Å². The number of anilines is 2. The highest BCUT2D eigenvalue weighted by Crippen LogP contribution is 2.17. The maximum atomic E-state index is 11.9. The van der Waals surface area contributed by atoms with Crippen LogP contribution in [-0.4, -0.2) is 32.7 Å². The van der Waals surface area contributed by atoms with Crippen molar-refractivity contribution in [1.29, 1.82) is 0 Å². The first kappa shape index (κ1) is 17.9. The van der Waals surface area contributed by atoms with Crippen molar-refractivity contribution in [1.82, 2.24) is 15.2 Å². The molecule has 8 heteroatoms. The Morgan fingerprint density at radius 3 is 2.58 bits per heavy atom. The Labute approximate surface area is 144 Å². The molecule has 0 fully saturated rings. The Morgan fingerprint density at radius 1 is 1.08 bits per heavy atom. The van der Waals surface area contributed by atoms with Crippen LogP contribution in [0.4, 0.5) is 11.6 Å². The van der Waals surface area contributed by atoms with Gasteiger partial charge < -0.3 is 10.6 Å². The van der Waals surface area contributed by atoms with Gasteiger partial charge in [-0.05, 0) is 37.6 Å². The molecule has 2 N–H and O–H groups in total. The number of aryl methyl sites for hydroxylation is 1. The van der Waals surface area contributed by atoms with E-state index in [0.717, 1.165) is 22.9 Å². The molecule has 0 bridgehead atoms. The molecule has 2 amide bonds. The molecule has 2 heterocycles. The van der Waals surface area contributed by atoms with Crippen LogP contribution in [0.2, 0.25) is 0 Å². The molecule has 0 aliphatic heterocycles. The van der Waals surface area contributed by atoms with Gasteiger partial charge in [0.1, 0.15) is 10.8 Å². The first-order valence-electron chi connectivity index (χ1n) is 7.50. The first-order valence-corrected chi connectivity index (χ1v) is 8.49. The van der Waals surface area contributed by atoms with E-state index in [-0.39, 0.29) is 11.8 Å². The molecule has 7 nitrogen and oxygen atoms in total. The number of hydrogen-bond donors (Lipinski definition) is 2. The number of thioether (sulfide) groups is 1. The lowest BCUT2D eigenvalue weighted by Crippen LogP contribution is -2.12. The highest BCUT2D eigenvalue weighted by Gasteiger charge is 2.05. The van der Waals surface area contributed by atoms with Gasteiger partial charge in [-0.15, -0.1) is 22.0 Å². The largest absolute Gasteiger partial charge is 0.311 e. The number of rotatable bonds is 7. The normalized spacial score (nSPS) is 10.2. The molecule has 0 atom stereocenters. The molecule has 2 aromatic rings.